The Kier molecular flexibility index (Phi) is 4.49. The quantitative estimate of drug-likeness (QED) is 0.823. The largest absolute Gasteiger partial charge is 0.377 e. The molecule has 0 aliphatic carbocycles. The van der Waals surface area contributed by atoms with Crippen LogP contribution in [0.15, 0.2) is 30.3 Å². The van der Waals surface area contributed by atoms with E-state index in [9.17, 15) is 0 Å². The maximum atomic E-state index is 5.72. The number of rotatable bonds is 4. The van der Waals surface area contributed by atoms with Gasteiger partial charge in [-0.15, -0.1) is 0 Å². The molecule has 0 radical (unpaired) electrons. The van der Waals surface area contributed by atoms with Gasteiger partial charge in [0, 0.05) is 45.9 Å². The predicted molar refractivity (Wildman–Crippen MR) is 77.1 cm³/mol. The summed E-state index contributed by atoms with van der Waals surface area (Å²) in [5, 5.41) is 0. The normalized spacial score (nSPS) is 25.8. The molecule has 1 atom stereocenters. The van der Waals surface area contributed by atoms with E-state index in [0.29, 0.717) is 6.10 Å². The van der Waals surface area contributed by atoms with E-state index in [4.69, 9.17) is 4.74 Å². The van der Waals surface area contributed by atoms with Gasteiger partial charge in [-0.05, 0) is 18.4 Å². The summed E-state index contributed by atoms with van der Waals surface area (Å²) in [5.74, 6) is 0. The van der Waals surface area contributed by atoms with Crippen LogP contribution in [0.25, 0.3) is 0 Å². The van der Waals surface area contributed by atoms with Gasteiger partial charge < -0.3 is 4.74 Å². The van der Waals surface area contributed by atoms with Crippen molar-refractivity contribution >= 4 is 0 Å². The fourth-order valence-corrected chi connectivity index (χ4v) is 3.05. The summed E-state index contributed by atoms with van der Waals surface area (Å²) in [6.07, 6.45) is 3.00. The zero-order chi connectivity index (χ0) is 12.9. The standard InChI is InChI=1S/C16H24N2O/c1-2-5-15(6-3-1)13-17-8-10-18(11-9-17)14-16-7-4-12-19-16/h1-3,5-6,16H,4,7-14H2/t16-/m0/s1. The van der Waals surface area contributed by atoms with Crippen molar-refractivity contribution in [3.63, 3.8) is 0 Å². The smallest absolute Gasteiger partial charge is 0.0702 e. The molecule has 2 saturated heterocycles. The molecule has 1 aromatic rings. The molecule has 0 bridgehead atoms. The first-order valence-electron chi connectivity index (χ1n) is 7.50. The second-order valence-electron chi connectivity index (χ2n) is 5.70. The molecule has 19 heavy (non-hydrogen) atoms. The minimum Gasteiger partial charge on any atom is -0.377 e. The van der Waals surface area contributed by atoms with Gasteiger partial charge in [0.15, 0.2) is 0 Å². The van der Waals surface area contributed by atoms with Gasteiger partial charge in [-0.3, -0.25) is 9.80 Å². The minimum absolute atomic E-state index is 0.501. The van der Waals surface area contributed by atoms with Crippen LogP contribution in [0.1, 0.15) is 18.4 Å². The van der Waals surface area contributed by atoms with Crippen molar-refractivity contribution in [2.45, 2.75) is 25.5 Å². The molecule has 104 valence electrons. The van der Waals surface area contributed by atoms with Crippen LogP contribution in [-0.2, 0) is 11.3 Å². The monoisotopic (exact) mass is 260 g/mol. The van der Waals surface area contributed by atoms with E-state index in [2.05, 4.69) is 40.1 Å². The highest BCUT2D eigenvalue weighted by atomic mass is 16.5. The molecule has 0 N–H and O–H groups in total. The lowest BCUT2D eigenvalue weighted by Gasteiger charge is -2.35. The predicted octanol–water partition coefficient (Wildman–Crippen LogP) is 1.98. The van der Waals surface area contributed by atoms with Gasteiger partial charge in [0.05, 0.1) is 6.10 Å². The number of hydrogen-bond donors (Lipinski definition) is 0. The van der Waals surface area contributed by atoms with Crippen LogP contribution in [-0.4, -0.2) is 55.2 Å². The van der Waals surface area contributed by atoms with Gasteiger partial charge in [-0.2, -0.15) is 0 Å². The molecule has 1 aromatic carbocycles. The van der Waals surface area contributed by atoms with Crippen molar-refractivity contribution in [1.82, 2.24) is 9.80 Å². The van der Waals surface area contributed by atoms with Crippen molar-refractivity contribution in [3.05, 3.63) is 35.9 Å². The highest BCUT2D eigenvalue weighted by Crippen LogP contribution is 2.15. The Hall–Kier alpha value is -0.900. The van der Waals surface area contributed by atoms with E-state index >= 15 is 0 Å². The van der Waals surface area contributed by atoms with Gasteiger partial charge in [-0.25, -0.2) is 0 Å². The third-order valence-electron chi connectivity index (χ3n) is 4.20. The van der Waals surface area contributed by atoms with Crippen molar-refractivity contribution in [2.24, 2.45) is 0 Å². The number of benzene rings is 1. The van der Waals surface area contributed by atoms with E-state index in [1.807, 2.05) is 0 Å². The van der Waals surface area contributed by atoms with Gasteiger partial charge >= 0.3 is 0 Å². The molecule has 3 heteroatoms. The van der Waals surface area contributed by atoms with Crippen LogP contribution >= 0.6 is 0 Å². The van der Waals surface area contributed by atoms with E-state index in [1.165, 1.54) is 44.6 Å². The molecule has 0 aromatic heterocycles. The molecule has 0 unspecified atom stereocenters. The average molecular weight is 260 g/mol. The van der Waals surface area contributed by atoms with Gasteiger partial charge in [-0.1, -0.05) is 30.3 Å². The van der Waals surface area contributed by atoms with Gasteiger partial charge in [0.1, 0.15) is 0 Å². The summed E-state index contributed by atoms with van der Waals surface area (Å²) in [6, 6.07) is 10.8. The fraction of sp³-hybridized carbons (Fsp3) is 0.625. The van der Waals surface area contributed by atoms with Gasteiger partial charge in [0.2, 0.25) is 0 Å². The topological polar surface area (TPSA) is 15.7 Å². The first kappa shape index (κ1) is 13.1. The zero-order valence-corrected chi connectivity index (χ0v) is 11.6. The van der Waals surface area contributed by atoms with E-state index in [-0.39, 0.29) is 0 Å². The van der Waals surface area contributed by atoms with E-state index in [1.54, 1.807) is 0 Å². The molecular formula is C16H24N2O. The molecule has 2 aliphatic rings. The number of ether oxygens (including phenoxy) is 1. The lowest BCUT2D eigenvalue weighted by Crippen LogP contribution is -2.48. The maximum absolute atomic E-state index is 5.72. The SMILES string of the molecule is c1ccc(CN2CCN(C[C@@H]3CCCO3)CC2)cc1. The minimum atomic E-state index is 0.501. The molecular weight excluding hydrogens is 236 g/mol. The Morgan fingerprint density at radius 3 is 2.42 bits per heavy atom. The summed E-state index contributed by atoms with van der Waals surface area (Å²) in [6.45, 7) is 7.94. The Balaban J connectivity index is 1.41. The molecule has 3 nitrogen and oxygen atoms in total. The summed E-state index contributed by atoms with van der Waals surface area (Å²) in [5.41, 5.74) is 1.43. The zero-order valence-electron chi connectivity index (χ0n) is 11.6. The summed E-state index contributed by atoms with van der Waals surface area (Å²) in [7, 11) is 0. The molecule has 2 aliphatic heterocycles. The molecule has 2 heterocycles. The summed E-state index contributed by atoms with van der Waals surface area (Å²) < 4.78 is 5.72. The maximum Gasteiger partial charge on any atom is 0.0702 e. The Bertz CT molecular complexity index is 368. The van der Waals surface area contributed by atoms with Crippen molar-refractivity contribution in [3.8, 4) is 0 Å². The van der Waals surface area contributed by atoms with Crippen LogP contribution in [0.3, 0.4) is 0 Å². The van der Waals surface area contributed by atoms with Crippen molar-refractivity contribution in [2.75, 3.05) is 39.3 Å². The Morgan fingerprint density at radius 1 is 1.00 bits per heavy atom. The molecule has 3 rings (SSSR count). The summed E-state index contributed by atoms with van der Waals surface area (Å²) >= 11 is 0. The highest BCUT2D eigenvalue weighted by molar-refractivity contribution is 5.14. The van der Waals surface area contributed by atoms with Crippen molar-refractivity contribution in [1.29, 1.82) is 0 Å². The van der Waals surface area contributed by atoms with Gasteiger partial charge in [0.25, 0.3) is 0 Å². The van der Waals surface area contributed by atoms with Crippen LogP contribution in [0, 0.1) is 0 Å². The average Bonchev–Trinajstić information content (AvgIpc) is 2.95. The lowest BCUT2D eigenvalue weighted by molar-refractivity contribution is 0.0489. The fourth-order valence-electron chi connectivity index (χ4n) is 3.05. The molecule has 0 amide bonds. The lowest BCUT2D eigenvalue weighted by atomic mass is 10.2. The highest BCUT2D eigenvalue weighted by Gasteiger charge is 2.22. The molecule has 0 saturated carbocycles. The van der Waals surface area contributed by atoms with Crippen LogP contribution in [0.4, 0.5) is 0 Å². The number of hydrogen-bond acceptors (Lipinski definition) is 3. The van der Waals surface area contributed by atoms with E-state index in [0.717, 1.165) is 19.7 Å². The Labute approximate surface area is 116 Å². The second-order valence-corrected chi connectivity index (χ2v) is 5.70. The first-order chi connectivity index (χ1) is 9.40. The number of piperazine rings is 1. The second kappa shape index (κ2) is 6.51. The third-order valence-corrected chi connectivity index (χ3v) is 4.20. The first-order valence-corrected chi connectivity index (χ1v) is 7.50. The van der Waals surface area contributed by atoms with Crippen molar-refractivity contribution < 1.29 is 4.74 Å². The Morgan fingerprint density at radius 2 is 1.74 bits per heavy atom. The van der Waals surface area contributed by atoms with E-state index < -0.39 is 0 Å². The number of nitrogens with zero attached hydrogens (tertiary/aromatic N) is 2. The van der Waals surface area contributed by atoms with Crippen LogP contribution in [0.5, 0.6) is 0 Å². The molecule has 2 fully saturated rings. The summed E-state index contributed by atoms with van der Waals surface area (Å²) in [4.78, 5) is 5.12. The molecule has 0 spiro atoms. The third kappa shape index (κ3) is 3.78. The van der Waals surface area contributed by atoms with Crippen LogP contribution < -0.4 is 0 Å². The van der Waals surface area contributed by atoms with Crippen LogP contribution in [0.2, 0.25) is 0 Å².